The van der Waals surface area contributed by atoms with Gasteiger partial charge in [-0.3, -0.25) is 5.10 Å². The van der Waals surface area contributed by atoms with E-state index >= 15 is 0 Å². The van der Waals surface area contributed by atoms with Crippen LogP contribution in [0, 0.1) is 5.92 Å². The van der Waals surface area contributed by atoms with Crippen molar-refractivity contribution in [2.75, 3.05) is 19.6 Å². The molecule has 0 amide bonds. The second-order valence-electron chi connectivity index (χ2n) is 9.68. The smallest absolute Gasteiger partial charge is 0.112 e. The van der Waals surface area contributed by atoms with Gasteiger partial charge in [-0.2, -0.15) is 0 Å². The van der Waals surface area contributed by atoms with Crippen molar-refractivity contribution in [2.24, 2.45) is 5.92 Å². The van der Waals surface area contributed by atoms with Gasteiger partial charge in [0.1, 0.15) is 5.69 Å². The van der Waals surface area contributed by atoms with Crippen molar-refractivity contribution < 1.29 is 5.11 Å². The first-order chi connectivity index (χ1) is 16.1. The zero-order valence-corrected chi connectivity index (χ0v) is 19.3. The summed E-state index contributed by atoms with van der Waals surface area (Å²) in [6.45, 7) is 4.78. The number of aromatic nitrogens is 4. The van der Waals surface area contributed by atoms with Gasteiger partial charge < -0.3 is 15.0 Å². The summed E-state index contributed by atoms with van der Waals surface area (Å²) in [5.41, 5.74) is 4.73. The van der Waals surface area contributed by atoms with Crippen molar-refractivity contribution in [3.8, 4) is 11.3 Å². The Balaban J connectivity index is 1.12. The molecule has 1 atom stereocenters. The standard InChI is InChI=1S/C27H33N5O/c1-27(33,23-8-3-2-4-9-23)19-32-14-12-20(13-15-32)6-5-7-22-17-28-25-11-10-21(16-24(22)25)26-18-29-31-30-26/h2-4,8-11,16-18,20,28,33H,5-7,12-15,19H2,1H3,(H,29,30,31). The van der Waals surface area contributed by atoms with E-state index in [4.69, 9.17) is 0 Å². The highest BCUT2D eigenvalue weighted by atomic mass is 16.3. The highest BCUT2D eigenvalue weighted by Gasteiger charge is 2.28. The number of hydrogen-bond donors (Lipinski definition) is 3. The zero-order valence-electron chi connectivity index (χ0n) is 19.3. The third-order valence-corrected chi connectivity index (χ3v) is 7.17. The van der Waals surface area contributed by atoms with E-state index in [1.165, 1.54) is 42.1 Å². The number of likely N-dealkylation sites (tertiary alicyclic amines) is 1. The average Bonchev–Trinajstić information content (AvgIpc) is 3.51. The largest absolute Gasteiger partial charge is 0.384 e. The average molecular weight is 444 g/mol. The molecule has 5 rings (SSSR count). The molecule has 2 aromatic carbocycles. The highest BCUT2D eigenvalue weighted by molar-refractivity contribution is 5.87. The maximum Gasteiger partial charge on any atom is 0.112 e. The second kappa shape index (κ2) is 9.49. The summed E-state index contributed by atoms with van der Waals surface area (Å²) in [5, 5.41) is 23.0. The van der Waals surface area contributed by atoms with E-state index in [-0.39, 0.29) is 0 Å². The summed E-state index contributed by atoms with van der Waals surface area (Å²) in [7, 11) is 0. The molecule has 3 heterocycles. The van der Waals surface area contributed by atoms with Gasteiger partial charge in [0.2, 0.25) is 0 Å². The predicted molar refractivity (Wildman–Crippen MR) is 132 cm³/mol. The Labute approximate surface area is 195 Å². The van der Waals surface area contributed by atoms with E-state index in [9.17, 15) is 5.11 Å². The van der Waals surface area contributed by atoms with Crippen molar-refractivity contribution in [1.29, 1.82) is 0 Å². The van der Waals surface area contributed by atoms with Gasteiger partial charge in [-0.1, -0.05) is 48.0 Å². The number of fused-ring (bicyclic) bond motifs is 1. The molecule has 4 aromatic rings. The van der Waals surface area contributed by atoms with E-state index in [1.807, 2.05) is 43.5 Å². The van der Waals surface area contributed by atoms with E-state index < -0.39 is 5.60 Å². The molecule has 1 aliphatic heterocycles. The van der Waals surface area contributed by atoms with Gasteiger partial charge in [0.05, 0.1) is 5.60 Å². The highest BCUT2D eigenvalue weighted by Crippen LogP contribution is 2.29. The summed E-state index contributed by atoms with van der Waals surface area (Å²) in [6, 6.07) is 16.5. The van der Waals surface area contributed by atoms with Crippen LogP contribution in [0.1, 0.15) is 43.7 Å². The van der Waals surface area contributed by atoms with E-state index in [1.54, 1.807) is 0 Å². The molecule has 6 heteroatoms. The number of aryl methyl sites for hydroxylation is 1. The van der Waals surface area contributed by atoms with Crippen molar-refractivity contribution in [1.82, 2.24) is 25.3 Å². The number of nitrogens with zero attached hydrogens (tertiary/aromatic N) is 3. The van der Waals surface area contributed by atoms with Crippen LogP contribution < -0.4 is 0 Å². The lowest BCUT2D eigenvalue weighted by Gasteiger charge is -2.37. The molecular formula is C27H33N5O. The van der Waals surface area contributed by atoms with Crippen LogP contribution in [0.15, 0.2) is 60.9 Å². The molecule has 0 bridgehead atoms. The molecule has 1 fully saturated rings. The molecule has 6 nitrogen and oxygen atoms in total. The van der Waals surface area contributed by atoms with E-state index in [0.717, 1.165) is 42.2 Å². The van der Waals surface area contributed by atoms with Crippen molar-refractivity contribution in [3.63, 3.8) is 0 Å². The maximum atomic E-state index is 11.0. The first-order valence-electron chi connectivity index (χ1n) is 12.1. The minimum absolute atomic E-state index is 0.701. The van der Waals surface area contributed by atoms with Gasteiger partial charge in [-0.25, -0.2) is 0 Å². The minimum atomic E-state index is -0.797. The van der Waals surface area contributed by atoms with Crippen LogP contribution >= 0.6 is 0 Å². The van der Waals surface area contributed by atoms with Crippen LogP contribution in [0.4, 0.5) is 0 Å². The van der Waals surface area contributed by atoms with Gasteiger partial charge in [0, 0.05) is 35.4 Å². The number of H-pyrrole nitrogens is 2. The molecule has 1 saturated heterocycles. The molecule has 0 saturated carbocycles. The van der Waals surface area contributed by atoms with Gasteiger partial charge in [0.25, 0.3) is 0 Å². The lowest BCUT2D eigenvalue weighted by Crippen LogP contribution is -2.43. The number of hydrogen-bond acceptors (Lipinski definition) is 4. The fourth-order valence-electron chi connectivity index (χ4n) is 5.23. The number of β-amino-alcohol motifs (C(OH)–C–C–N with tert-alkyl or cyclic N) is 1. The van der Waals surface area contributed by atoms with Crippen LogP contribution in [-0.4, -0.2) is 50.0 Å². The summed E-state index contributed by atoms with van der Waals surface area (Å²) in [5.74, 6) is 0.777. The SMILES string of the molecule is CC(O)(CN1CCC(CCCc2c[nH]c3ccc(-c4c[nH]nn4)cc23)CC1)c1ccccc1. The summed E-state index contributed by atoms with van der Waals surface area (Å²) in [4.78, 5) is 5.84. The molecule has 172 valence electrons. The van der Waals surface area contributed by atoms with Crippen molar-refractivity contribution >= 4 is 10.9 Å². The number of benzene rings is 2. The topological polar surface area (TPSA) is 80.8 Å². The Morgan fingerprint density at radius 2 is 1.91 bits per heavy atom. The Hall–Kier alpha value is -2.96. The predicted octanol–water partition coefficient (Wildman–Crippen LogP) is 4.90. The lowest BCUT2D eigenvalue weighted by molar-refractivity contribution is 0.00525. The van der Waals surface area contributed by atoms with Crippen LogP contribution in [0.5, 0.6) is 0 Å². The number of piperidine rings is 1. The van der Waals surface area contributed by atoms with E-state index in [2.05, 4.69) is 49.7 Å². The molecule has 2 aromatic heterocycles. The molecule has 0 aliphatic carbocycles. The normalized spacial score (nSPS) is 17.4. The Bertz CT molecular complexity index is 1160. The first kappa shape index (κ1) is 21.9. The summed E-state index contributed by atoms with van der Waals surface area (Å²) >= 11 is 0. The third-order valence-electron chi connectivity index (χ3n) is 7.17. The fraction of sp³-hybridized carbons (Fsp3) is 0.407. The van der Waals surface area contributed by atoms with Gasteiger partial charge in [-0.15, -0.1) is 5.10 Å². The lowest BCUT2D eigenvalue weighted by atomic mass is 9.89. The van der Waals surface area contributed by atoms with Crippen molar-refractivity contribution in [3.05, 3.63) is 72.1 Å². The molecule has 0 spiro atoms. The van der Waals surface area contributed by atoms with E-state index in [0.29, 0.717) is 6.54 Å². The molecular weight excluding hydrogens is 410 g/mol. The monoisotopic (exact) mass is 443 g/mol. The Morgan fingerprint density at radius 1 is 1.09 bits per heavy atom. The number of aromatic amines is 2. The molecule has 1 aliphatic rings. The van der Waals surface area contributed by atoms with Crippen LogP contribution in [0.3, 0.4) is 0 Å². The number of rotatable bonds is 8. The van der Waals surface area contributed by atoms with Crippen LogP contribution in [-0.2, 0) is 12.0 Å². The summed E-state index contributed by atoms with van der Waals surface area (Å²) in [6.07, 6.45) is 9.98. The van der Waals surface area contributed by atoms with Gasteiger partial charge in [0.15, 0.2) is 0 Å². The number of nitrogens with one attached hydrogen (secondary N) is 2. The van der Waals surface area contributed by atoms with Crippen LogP contribution in [0.2, 0.25) is 0 Å². The first-order valence-corrected chi connectivity index (χ1v) is 12.1. The van der Waals surface area contributed by atoms with Gasteiger partial charge >= 0.3 is 0 Å². The van der Waals surface area contributed by atoms with Crippen LogP contribution in [0.25, 0.3) is 22.2 Å². The van der Waals surface area contributed by atoms with Crippen molar-refractivity contribution in [2.45, 2.75) is 44.6 Å². The fourth-order valence-corrected chi connectivity index (χ4v) is 5.23. The molecule has 3 N–H and O–H groups in total. The summed E-state index contributed by atoms with van der Waals surface area (Å²) < 4.78 is 0. The molecule has 0 radical (unpaired) electrons. The quantitative estimate of drug-likeness (QED) is 0.362. The van der Waals surface area contributed by atoms with Gasteiger partial charge in [-0.05, 0) is 74.9 Å². The molecule has 1 unspecified atom stereocenters. The molecule has 33 heavy (non-hydrogen) atoms. The zero-order chi connectivity index (χ0) is 22.7. The minimum Gasteiger partial charge on any atom is -0.384 e. The number of aliphatic hydroxyl groups is 1. The Kier molecular flexibility index (Phi) is 6.29. The second-order valence-corrected chi connectivity index (χ2v) is 9.68. The maximum absolute atomic E-state index is 11.0. The Morgan fingerprint density at radius 3 is 2.67 bits per heavy atom. The third kappa shape index (κ3) is 5.02.